The lowest BCUT2D eigenvalue weighted by Crippen LogP contribution is -2.29. The van der Waals surface area contributed by atoms with Crippen LogP contribution >= 0.6 is 0 Å². The van der Waals surface area contributed by atoms with E-state index in [2.05, 4.69) is 16.3 Å². The van der Waals surface area contributed by atoms with Gasteiger partial charge in [-0.3, -0.25) is 4.79 Å². The monoisotopic (exact) mass is 326 g/mol. The molecule has 0 saturated carbocycles. The lowest BCUT2D eigenvalue weighted by Gasteiger charge is -2.15. The summed E-state index contributed by atoms with van der Waals surface area (Å²) in [5.74, 6) is 0.679. The number of aryl methyl sites for hydroxylation is 2. The molecule has 0 spiro atoms. The van der Waals surface area contributed by atoms with Gasteiger partial charge in [0, 0.05) is 13.1 Å². The van der Waals surface area contributed by atoms with E-state index in [1.807, 2.05) is 64.3 Å². The van der Waals surface area contributed by atoms with Gasteiger partial charge in [-0.2, -0.15) is 0 Å². The molecule has 4 nitrogen and oxygen atoms in total. The number of hydrogen-bond acceptors (Lipinski definition) is 3. The molecule has 0 fully saturated rings. The highest BCUT2D eigenvalue weighted by Crippen LogP contribution is 2.22. The Balaban J connectivity index is 1.90. The van der Waals surface area contributed by atoms with Crippen molar-refractivity contribution in [2.24, 2.45) is 0 Å². The highest BCUT2D eigenvalue weighted by atomic mass is 16.5. The minimum absolute atomic E-state index is 0.0293. The average Bonchev–Trinajstić information content (AvgIpc) is 2.53. The van der Waals surface area contributed by atoms with E-state index in [4.69, 9.17) is 4.74 Å². The Morgan fingerprint density at radius 2 is 1.62 bits per heavy atom. The lowest BCUT2D eigenvalue weighted by molar-refractivity contribution is -0.123. The molecule has 0 saturated heterocycles. The van der Waals surface area contributed by atoms with E-state index in [0.29, 0.717) is 6.54 Å². The Morgan fingerprint density at radius 1 is 1.00 bits per heavy atom. The Bertz CT molecular complexity index is 676. The van der Waals surface area contributed by atoms with Crippen molar-refractivity contribution in [2.75, 3.05) is 20.7 Å². The molecular weight excluding hydrogens is 300 g/mol. The summed E-state index contributed by atoms with van der Waals surface area (Å²) in [7, 11) is 4.07. The number of benzene rings is 2. The van der Waals surface area contributed by atoms with Gasteiger partial charge in [-0.15, -0.1) is 0 Å². The Morgan fingerprint density at radius 3 is 2.25 bits per heavy atom. The number of nitrogens with zero attached hydrogens (tertiary/aromatic N) is 1. The summed E-state index contributed by atoms with van der Waals surface area (Å²) in [6, 6.07) is 14.1. The average molecular weight is 326 g/mol. The first-order valence-corrected chi connectivity index (χ1v) is 8.14. The van der Waals surface area contributed by atoms with Crippen molar-refractivity contribution >= 4 is 5.91 Å². The van der Waals surface area contributed by atoms with Crippen molar-refractivity contribution in [2.45, 2.75) is 26.9 Å². The van der Waals surface area contributed by atoms with E-state index in [1.165, 1.54) is 5.56 Å². The smallest absolute Gasteiger partial charge is 0.258 e. The van der Waals surface area contributed by atoms with Crippen molar-refractivity contribution in [3.05, 3.63) is 64.7 Å². The van der Waals surface area contributed by atoms with Gasteiger partial charge in [-0.1, -0.05) is 42.5 Å². The number of nitrogens with one attached hydrogen (secondary N) is 1. The van der Waals surface area contributed by atoms with Crippen molar-refractivity contribution in [3.63, 3.8) is 0 Å². The molecule has 0 bridgehead atoms. The zero-order valence-electron chi connectivity index (χ0n) is 14.9. The molecule has 1 N–H and O–H groups in total. The molecule has 2 aromatic carbocycles. The van der Waals surface area contributed by atoms with Crippen LogP contribution in [0, 0.1) is 13.8 Å². The number of amides is 1. The van der Waals surface area contributed by atoms with Gasteiger partial charge in [0.2, 0.25) is 0 Å². The molecule has 2 rings (SSSR count). The number of ether oxygens (including phenoxy) is 1. The fraction of sp³-hybridized carbons (Fsp3) is 0.350. The maximum absolute atomic E-state index is 12.1. The van der Waals surface area contributed by atoms with Crippen LogP contribution in [0.5, 0.6) is 5.75 Å². The largest absolute Gasteiger partial charge is 0.483 e. The van der Waals surface area contributed by atoms with Gasteiger partial charge < -0.3 is 15.0 Å². The quantitative estimate of drug-likeness (QED) is 0.850. The minimum atomic E-state index is -0.114. The first-order chi connectivity index (χ1) is 11.5. The Hall–Kier alpha value is -2.33. The number of hydrogen-bond donors (Lipinski definition) is 1. The summed E-state index contributed by atoms with van der Waals surface area (Å²) in [5.41, 5.74) is 4.43. The molecule has 0 atom stereocenters. The van der Waals surface area contributed by atoms with Crippen molar-refractivity contribution < 1.29 is 9.53 Å². The zero-order chi connectivity index (χ0) is 17.5. The predicted molar refractivity (Wildman–Crippen MR) is 97.1 cm³/mol. The van der Waals surface area contributed by atoms with E-state index in [1.54, 1.807) is 0 Å². The number of carbonyl (C=O) groups is 1. The van der Waals surface area contributed by atoms with E-state index >= 15 is 0 Å². The van der Waals surface area contributed by atoms with E-state index in [9.17, 15) is 4.79 Å². The lowest BCUT2D eigenvalue weighted by atomic mass is 10.1. The molecule has 1 amide bonds. The van der Waals surface area contributed by atoms with Crippen LogP contribution in [0.4, 0.5) is 0 Å². The molecule has 24 heavy (non-hydrogen) atoms. The van der Waals surface area contributed by atoms with Crippen molar-refractivity contribution in [1.29, 1.82) is 0 Å². The van der Waals surface area contributed by atoms with Crippen molar-refractivity contribution in [1.82, 2.24) is 10.2 Å². The summed E-state index contributed by atoms with van der Waals surface area (Å²) in [6.07, 6.45) is 0. The molecule has 4 heteroatoms. The van der Waals surface area contributed by atoms with E-state index in [-0.39, 0.29) is 12.5 Å². The Labute approximate surface area is 144 Å². The number of carbonyl (C=O) groups excluding carboxylic acids is 1. The molecule has 0 aliphatic carbocycles. The maximum atomic E-state index is 12.1. The van der Waals surface area contributed by atoms with Gasteiger partial charge >= 0.3 is 0 Å². The van der Waals surface area contributed by atoms with Crippen molar-refractivity contribution in [3.8, 4) is 5.75 Å². The second kappa shape index (κ2) is 8.50. The van der Waals surface area contributed by atoms with Gasteiger partial charge in [0.25, 0.3) is 5.91 Å². The van der Waals surface area contributed by atoms with E-state index < -0.39 is 0 Å². The highest BCUT2D eigenvalue weighted by Gasteiger charge is 2.08. The van der Waals surface area contributed by atoms with Crippen LogP contribution in [0.2, 0.25) is 0 Å². The summed E-state index contributed by atoms with van der Waals surface area (Å²) in [4.78, 5) is 14.2. The first kappa shape index (κ1) is 18.0. The van der Waals surface area contributed by atoms with Gasteiger partial charge in [0.05, 0.1) is 0 Å². The standard InChI is InChI=1S/C20H26N2O2/c1-15-8-7-9-16(2)20(15)24-14-19(23)21-12-17-10-5-6-11-18(17)13-22(3)4/h5-11H,12-14H2,1-4H3,(H,21,23). The third-order valence-corrected chi connectivity index (χ3v) is 3.84. The maximum Gasteiger partial charge on any atom is 0.258 e. The van der Waals surface area contributed by atoms with Crippen LogP contribution in [0.25, 0.3) is 0 Å². The second-order valence-electron chi connectivity index (χ2n) is 6.29. The van der Waals surface area contributed by atoms with Crippen LogP contribution in [0.15, 0.2) is 42.5 Å². The van der Waals surface area contributed by atoms with Gasteiger partial charge in [0.15, 0.2) is 6.61 Å². The molecule has 0 aromatic heterocycles. The van der Waals surface area contributed by atoms with Crippen LogP contribution in [0.1, 0.15) is 22.3 Å². The number of rotatable bonds is 7. The third-order valence-electron chi connectivity index (χ3n) is 3.84. The van der Waals surface area contributed by atoms with Gasteiger partial charge in [0.1, 0.15) is 5.75 Å². The van der Waals surface area contributed by atoms with Gasteiger partial charge in [-0.25, -0.2) is 0 Å². The van der Waals surface area contributed by atoms with Crippen LogP contribution in [-0.2, 0) is 17.9 Å². The fourth-order valence-electron chi connectivity index (χ4n) is 2.63. The molecule has 0 heterocycles. The van der Waals surface area contributed by atoms with Crippen LogP contribution in [-0.4, -0.2) is 31.5 Å². The molecular formula is C20H26N2O2. The summed E-state index contributed by atoms with van der Waals surface area (Å²) >= 11 is 0. The summed E-state index contributed by atoms with van der Waals surface area (Å²) in [6.45, 7) is 5.36. The molecule has 0 aliphatic rings. The second-order valence-corrected chi connectivity index (χ2v) is 6.29. The summed E-state index contributed by atoms with van der Waals surface area (Å²) in [5, 5.41) is 2.94. The SMILES string of the molecule is Cc1cccc(C)c1OCC(=O)NCc1ccccc1CN(C)C. The minimum Gasteiger partial charge on any atom is -0.483 e. The normalized spacial score (nSPS) is 10.7. The van der Waals surface area contributed by atoms with Crippen LogP contribution < -0.4 is 10.1 Å². The first-order valence-electron chi connectivity index (χ1n) is 8.14. The van der Waals surface area contributed by atoms with Gasteiger partial charge in [-0.05, 0) is 50.2 Å². The zero-order valence-corrected chi connectivity index (χ0v) is 14.9. The Kier molecular flexibility index (Phi) is 6.38. The topological polar surface area (TPSA) is 41.6 Å². The highest BCUT2D eigenvalue weighted by molar-refractivity contribution is 5.77. The van der Waals surface area contributed by atoms with E-state index in [0.717, 1.165) is 29.0 Å². The summed E-state index contributed by atoms with van der Waals surface area (Å²) < 4.78 is 5.69. The van der Waals surface area contributed by atoms with Crippen LogP contribution in [0.3, 0.4) is 0 Å². The molecule has 0 radical (unpaired) electrons. The fourth-order valence-corrected chi connectivity index (χ4v) is 2.63. The molecule has 2 aromatic rings. The predicted octanol–water partition coefficient (Wildman–Crippen LogP) is 3.06. The molecule has 0 unspecified atom stereocenters. The third kappa shape index (κ3) is 5.10. The number of para-hydroxylation sites is 1. The molecule has 0 aliphatic heterocycles. The molecule has 128 valence electrons.